The van der Waals surface area contributed by atoms with Crippen LogP contribution in [0, 0.1) is 18.6 Å². The van der Waals surface area contributed by atoms with Crippen LogP contribution in [0.15, 0.2) is 47.4 Å². The monoisotopic (exact) mass is 398 g/mol. The summed E-state index contributed by atoms with van der Waals surface area (Å²) in [6, 6.07) is 6.57. The maximum atomic E-state index is 14.2. The van der Waals surface area contributed by atoms with Gasteiger partial charge in [-0.15, -0.1) is 0 Å². The molecule has 0 aliphatic carbocycles. The summed E-state index contributed by atoms with van der Waals surface area (Å²) in [4.78, 5) is 42.9. The van der Waals surface area contributed by atoms with Crippen LogP contribution in [0.25, 0.3) is 5.65 Å². The first-order chi connectivity index (χ1) is 13.7. The van der Waals surface area contributed by atoms with E-state index in [1.54, 1.807) is 18.3 Å². The number of carbonyl (C=O) groups is 2. The zero-order chi connectivity index (χ0) is 20.9. The quantitative estimate of drug-likeness (QED) is 0.686. The third-order valence-electron chi connectivity index (χ3n) is 4.92. The molecular formula is C20H16F2N4O3. The van der Waals surface area contributed by atoms with Crippen molar-refractivity contribution in [1.29, 1.82) is 0 Å². The summed E-state index contributed by atoms with van der Waals surface area (Å²) in [5.74, 6) is -2.32. The number of halogens is 2. The summed E-state index contributed by atoms with van der Waals surface area (Å²) >= 11 is 0. The van der Waals surface area contributed by atoms with E-state index in [-0.39, 0.29) is 23.4 Å². The highest BCUT2D eigenvalue weighted by atomic mass is 19.1. The van der Waals surface area contributed by atoms with Crippen LogP contribution in [0.4, 0.5) is 13.6 Å². The number of nitrogens with one attached hydrogen (secondary N) is 1. The number of amides is 3. The van der Waals surface area contributed by atoms with Crippen molar-refractivity contribution in [3.05, 3.63) is 81.4 Å². The number of rotatable bonds is 3. The summed E-state index contributed by atoms with van der Waals surface area (Å²) in [7, 11) is 0. The van der Waals surface area contributed by atoms with Crippen molar-refractivity contribution in [3.8, 4) is 0 Å². The maximum absolute atomic E-state index is 14.2. The first kappa shape index (κ1) is 18.7. The van der Waals surface area contributed by atoms with E-state index in [4.69, 9.17) is 0 Å². The molecule has 1 atom stereocenters. The van der Waals surface area contributed by atoms with Crippen LogP contribution in [-0.4, -0.2) is 26.2 Å². The van der Waals surface area contributed by atoms with E-state index in [0.717, 1.165) is 28.7 Å². The lowest BCUT2D eigenvalue weighted by atomic mass is 9.91. The summed E-state index contributed by atoms with van der Waals surface area (Å²) < 4.78 is 29.2. The van der Waals surface area contributed by atoms with Gasteiger partial charge in [0.2, 0.25) is 0 Å². The van der Waals surface area contributed by atoms with Crippen LogP contribution >= 0.6 is 0 Å². The summed E-state index contributed by atoms with van der Waals surface area (Å²) in [5.41, 5.74) is -0.974. The van der Waals surface area contributed by atoms with Crippen LogP contribution in [0.1, 0.15) is 23.7 Å². The number of imide groups is 1. The van der Waals surface area contributed by atoms with Gasteiger partial charge in [-0.2, -0.15) is 0 Å². The average Bonchev–Trinajstić information content (AvgIpc) is 2.88. The van der Waals surface area contributed by atoms with Crippen LogP contribution in [0.2, 0.25) is 0 Å². The van der Waals surface area contributed by atoms with E-state index in [9.17, 15) is 23.2 Å². The van der Waals surface area contributed by atoms with Crippen molar-refractivity contribution in [2.24, 2.45) is 0 Å². The van der Waals surface area contributed by atoms with Gasteiger partial charge in [0.15, 0.2) is 0 Å². The molecule has 0 bridgehead atoms. The van der Waals surface area contributed by atoms with Gasteiger partial charge in [0.25, 0.3) is 11.5 Å². The van der Waals surface area contributed by atoms with Gasteiger partial charge in [-0.1, -0.05) is 6.07 Å². The fraction of sp³-hybridized carbons (Fsp3) is 0.200. The van der Waals surface area contributed by atoms with E-state index in [1.807, 2.05) is 6.92 Å². The molecule has 4 rings (SSSR count). The third kappa shape index (κ3) is 3.04. The molecule has 3 heterocycles. The molecular weight excluding hydrogens is 382 g/mol. The molecule has 29 heavy (non-hydrogen) atoms. The molecule has 0 radical (unpaired) electrons. The Balaban J connectivity index is 1.70. The van der Waals surface area contributed by atoms with E-state index in [0.29, 0.717) is 5.65 Å². The van der Waals surface area contributed by atoms with E-state index in [1.165, 1.54) is 17.4 Å². The maximum Gasteiger partial charge on any atom is 0.325 e. The Morgan fingerprint density at radius 2 is 1.86 bits per heavy atom. The number of nitrogens with zero attached hydrogens (tertiary/aromatic N) is 3. The van der Waals surface area contributed by atoms with Gasteiger partial charge < -0.3 is 5.32 Å². The topological polar surface area (TPSA) is 83.8 Å². The Morgan fingerprint density at radius 3 is 2.62 bits per heavy atom. The lowest BCUT2D eigenvalue weighted by Gasteiger charge is -2.22. The molecule has 0 saturated carbocycles. The highest BCUT2D eigenvalue weighted by Gasteiger charge is 2.50. The molecule has 1 aliphatic rings. The van der Waals surface area contributed by atoms with E-state index < -0.39 is 29.1 Å². The second kappa shape index (κ2) is 6.47. The largest absolute Gasteiger partial charge is 0.325 e. The van der Waals surface area contributed by atoms with Gasteiger partial charge >= 0.3 is 6.03 Å². The summed E-state index contributed by atoms with van der Waals surface area (Å²) in [5, 5.41) is 2.41. The minimum Gasteiger partial charge on any atom is -0.319 e. The van der Waals surface area contributed by atoms with Crippen molar-refractivity contribution in [2.45, 2.75) is 25.9 Å². The Kier molecular flexibility index (Phi) is 4.18. The first-order valence-electron chi connectivity index (χ1n) is 8.77. The fourth-order valence-corrected chi connectivity index (χ4v) is 3.40. The Hall–Kier alpha value is -3.62. The molecule has 0 unspecified atom stereocenters. The first-order valence-corrected chi connectivity index (χ1v) is 8.77. The van der Waals surface area contributed by atoms with E-state index in [2.05, 4.69) is 10.3 Å². The molecule has 1 aliphatic heterocycles. The zero-order valence-electron chi connectivity index (χ0n) is 15.6. The molecule has 2 aromatic heterocycles. The zero-order valence-corrected chi connectivity index (χ0v) is 15.6. The lowest BCUT2D eigenvalue weighted by molar-refractivity contribution is -0.131. The van der Waals surface area contributed by atoms with Crippen molar-refractivity contribution < 1.29 is 18.4 Å². The number of fused-ring (bicyclic) bond motifs is 1. The number of benzene rings is 1. The second-order valence-electron chi connectivity index (χ2n) is 7.09. The van der Waals surface area contributed by atoms with Gasteiger partial charge in [-0.05, 0) is 43.7 Å². The molecule has 3 amide bonds. The molecule has 1 aromatic carbocycles. The Bertz CT molecular complexity index is 1240. The number of hydrogen-bond donors (Lipinski definition) is 1. The molecule has 7 nitrogen and oxygen atoms in total. The predicted molar refractivity (Wildman–Crippen MR) is 99.0 cm³/mol. The highest BCUT2D eigenvalue weighted by molar-refractivity contribution is 6.07. The van der Waals surface area contributed by atoms with Gasteiger partial charge in [-0.3, -0.25) is 18.9 Å². The molecule has 9 heteroatoms. The minimum atomic E-state index is -1.77. The lowest BCUT2D eigenvalue weighted by Crippen LogP contribution is -2.41. The number of urea groups is 1. The van der Waals surface area contributed by atoms with Crippen LogP contribution in [0.5, 0.6) is 0 Å². The molecule has 1 fully saturated rings. The Labute approximate surface area is 163 Å². The SMILES string of the molecule is Cc1ccc2nc(CN3C(=O)N[C@](C)(c4cc(F)ccc4F)C3=O)cc(=O)n2c1. The molecule has 1 N–H and O–H groups in total. The van der Waals surface area contributed by atoms with Crippen LogP contribution < -0.4 is 10.9 Å². The normalized spacial score (nSPS) is 19.1. The summed E-state index contributed by atoms with van der Waals surface area (Å²) in [6.45, 7) is 2.85. The predicted octanol–water partition coefficient (Wildman–Crippen LogP) is 2.25. The van der Waals surface area contributed by atoms with Crippen molar-refractivity contribution in [1.82, 2.24) is 19.6 Å². The standard InChI is InChI=1S/C20H16F2N4O3/c1-11-3-6-16-23-13(8-17(27)25(16)9-11)10-26-18(28)20(2,24-19(26)29)14-7-12(21)4-5-15(14)22/h3-9H,10H2,1-2H3,(H,24,29)/t20-/m1/s1. The number of carbonyl (C=O) groups excluding carboxylic acids is 2. The third-order valence-corrected chi connectivity index (χ3v) is 4.92. The van der Waals surface area contributed by atoms with Crippen LogP contribution in [-0.2, 0) is 16.9 Å². The van der Waals surface area contributed by atoms with E-state index >= 15 is 0 Å². The number of pyridine rings is 1. The van der Waals surface area contributed by atoms with Crippen LogP contribution in [0.3, 0.4) is 0 Å². The fourth-order valence-electron chi connectivity index (χ4n) is 3.40. The molecule has 0 spiro atoms. The van der Waals surface area contributed by atoms with Gasteiger partial charge in [0.1, 0.15) is 22.8 Å². The number of aromatic nitrogens is 2. The average molecular weight is 398 g/mol. The number of aryl methyl sites for hydroxylation is 1. The second-order valence-corrected chi connectivity index (χ2v) is 7.09. The molecule has 3 aromatic rings. The minimum absolute atomic E-state index is 0.200. The van der Waals surface area contributed by atoms with Gasteiger partial charge in [0.05, 0.1) is 12.2 Å². The highest BCUT2D eigenvalue weighted by Crippen LogP contribution is 2.31. The number of hydrogen-bond acceptors (Lipinski definition) is 4. The van der Waals surface area contributed by atoms with Crippen molar-refractivity contribution in [2.75, 3.05) is 0 Å². The van der Waals surface area contributed by atoms with Crippen molar-refractivity contribution >= 4 is 17.6 Å². The molecule has 1 saturated heterocycles. The van der Waals surface area contributed by atoms with Gasteiger partial charge in [0, 0.05) is 17.8 Å². The van der Waals surface area contributed by atoms with Crippen molar-refractivity contribution in [3.63, 3.8) is 0 Å². The smallest absolute Gasteiger partial charge is 0.319 e. The Morgan fingerprint density at radius 1 is 1.10 bits per heavy atom. The van der Waals surface area contributed by atoms with Gasteiger partial charge in [-0.25, -0.2) is 18.6 Å². The summed E-state index contributed by atoms with van der Waals surface area (Å²) in [6.07, 6.45) is 1.63. The molecule has 148 valence electrons.